The van der Waals surface area contributed by atoms with Crippen LogP contribution in [0.4, 0.5) is 60.9 Å². The molecule has 0 fully saturated rings. The average Bonchev–Trinajstić information content (AvgIpc) is 2.57. The maximum Gasteiger partial charge on any atom is 0.489 e. The predicted molar refractivity (Wildman–Crippen MR) is 80.1 cm³/mol. The van der Waals surface area contributed by atoms with Gasteiger partial charge >= 0.3 is 33.4 Å². The Balaban J connectivity index is 3.12. The smallest absolute Gasteiger partial charge is 0.259 e. The molecule has 0 heterocycles. The van der Waals surface area contributed by atoms with Gasteiger partial charge in [-0.05, 0) is 24.3 Å². The van der Waals surface area contributed by atoms with E-state index in [1.807, 2.05) is 0 Å². The highest BCUT2D eigenvalue weighted by atomic mass is 28.4. The fourth-order valence-electron chi connectivity index (χ4n) is 2.85. The summed E-state index contributed by atoms with van der Waals surface area (Å²) in [5, 5.41) is -5.87. The van der Waals surface area contributed by atoms with Crippen LogP contribution in [-0.2, 0) is 24.7 Å². The summed E-state index contributed by atoms with van der Waals surface area (Å²) in [5.74, 6) is 0. The molecule has 0 aliphatic carbocycles. The summed E-state index contributed by atoms with van der Waals surface area (Å²) in [6, 6.07) is -0.937. The molecule has 31 heavy (non-hydrogen) atoms. The van der Waals surface area contributed by atoms with E-state index in [0.29, 0.717) is 0 Å². The third-order valence-corrected chi connectivity index (χ3v) is 6.31. The predicted octanol–water partition coefficient (Wildman–Crippen LogP) is 6.26. The molecule has 0 unspecified atom stereocenters. The van der Waals surface area contributed by atoms with Gasteiger partial charge in [0.15, 0.2) is 0 Å². The van der Waals surface area contributed by atoms with Gasteiger partial charge in [-0.2, -0.15) is 52.7 Å². The molecule has 0 aliphatic rings. The summed E-state index contributed by atoms with van der Waals surface area (Å²) < 4.78 is 189. The molecule has 0 atom stereocenters. The third-order valence-electron chi connectivity index (χ3n) is 3.98. The molecule has 0 spiro atoms. The van der Waals surface area contributed by atoms with E-state index in [0.717, 1.165) is 0 Å². The van der Waals surface area contributed by atoms with E-state index < -0.39 is 66.1 Å². The largest absolute Gasteiger partial charge is 0.489 e. The van der Waals surface area contributed by atoms with Crippen molar-refractivity contribution in [2.75, 3.05) is 0 Å². The first-order chi connectivity index (χ1) is 13.7. The van der Waals surface area contributed by atoms with E-state index in [-0.39, 0.29) is 36.4 Å². The molecular formula is C16H6F14Si. The summed E-state index contributed by atoms with van der Waals surface area (Å²) >= 11 is 0. The van der Waals surface area contributed by atoms with Crippen LogP contribution in [0.3, 0.4) is 0 Å². The summed E-state index contributed by atoms with van der Waals surface area (Å²) in [6.45, 7) is 0. The van der Waals surface area contributed by atoms with Crippen molar-refractivity contribution in [3.8, 4) is 0 Å². The Morgan fingerprint density at radius 2 is 0.613 bits per heavy atom. The van der Waals surface area contributed by atoms with Crippen molar-refractivity contribution in [3.63, 3.8) is 0 Å². The van der Waals surface area contributed by atoms with E-state index in [2.05, 4.69) is 0 Å². The molecule has 2 aromatic carbocycles. The second-order valence-corrected chi connectivity index (χ2v) is 8.17. The zero-order valence-electron chi connectivity index (χ0n) is 14.3. The molecule has 0 aliphatic heterocycles. The van der Waals surface area contributed by atoms with E-state index in [1.165, 1.54) is 0 Å². The van der Waals surface area contributed by atoms with Crippen LogP contribution < -0.4 is 10.4 Å². The van der Waals surface area contributed by atoms with Crippen LogP contribution in [0.1, 0.15) is 22.3 Å². The van der Waals surface area contributed by atoms with Gasteiger partial charge in [-0.15, -0.1) is 0 Å². The number of halogens is 14. The van der Waals surface area contributed by atoms with Gasteiger partial charge in [0.05, 0.1) is 22.3 Å². The molecule has 2 rings (SSSR count). The summed E-state index contributed by atoms with van der Waals surface area (Å²) in [4.78, 5) is 0. The van der Waals surface area contributed by atoms with Crippen LogP contribution in [0.25, 0.3) is 0 Å². The van der Waals surface area contributed by atoms with Gasteiger partial charge in [-0.25, -0.2) is 0 Å². The lowest BCUT2D eigenvalue weighted by molar-refractivity contribution is -0.142. The first-order valence-corrected chi connectivity index (χ1v) is 9.39. The number of rotatable bonds is 2. The first-order valence-electron chi connectivity index (χ1n) is 7.63. The highest BCUT2D eigenvalue weighted by Crippen LogP contribution is 2.40. The standard InChI is InChI=1S/C16H6F14Si/c17-13(18,19)7-3-1-4-8(14(20,21)22)11(7)31(29,30)12-9(15(23,24)25)5-2-6-10(12)16(26,27)28/h1-6H. The molecule has 15 heteroatoms. The van der Waals surface area contributed by atoms with Crippen molar-refractivity contribution in [1.29, 1.82) is 0 Å². The van der Waals surface area contributed by atoms with E-state index >= 15 is 8.22 Å². The van der Waals surface area contributed by atoms with Gasteiger partial charge in [0.25, 0.3) is 0 Å². The van der Waals surface area contributed by atoms with Crippen molar-refractivity contribution in [2.45, 2.75) is 24.7 Å². The second-order valence-electron chi connectivity index (χ2n) is 6.02. The van der Waals surface area contributed by atoms with Gasteiger partial charge in [0.1, 0.15) is 0 Å². The maximum atomic E-state index is 15.2. The minimum atomic E-state index is -7.95. The second kappa shape index (κ2) is 7.38. The zero-order valence-corrected chi connectivity index (χ0v) is 15.3. The Labute approximate surface area is 164 Å². The highest BCUT2D eigenvalue weighted by molar-refractivity contribution is 6.92. The quantitative estimate of drug-likeness (QED) is 0.264. The Morgan fingerprint density at radius 3 is 0.774 bits per heavy atom. The molecule has 0 nitrogen and oxygen atoms in total. The minimum Gasteiger partial charge on any atom is -0.259 e. The minimum absolute atomic E-state index is 0.0694. The molecule has 2 aromatic rings. The van der Waals surface area contributed by atoms with E-state index in [4.69, 9.17) is 0 Å². The molecule has 0 bridgehead atoms. The molecule has 0 amide bonds. The van der Waals surface area contributed by atoms with Gasteiger partial charge in [-0.3, -0.25) is 8.22 Å². The topological polar surface area (TPSA) is 0 Å². The fourth-order valence-corrected chi connectivity index (χ4v) is 5.35. The fraction of sp³-hybridized carbons (Fsp3) is 0.250. The SMILES string of the molecule is FC(F)(F)c1cccc(C(F)(F)F)c1[Si](F)(F)c1c(C(F)(F)F)cccc1C(F)(F)F. The van der Waals surface area contributed by atoms with Crippen LogP contribution in [0.2, 0.25) is 0 Å². The van der Waals surface area contributed by atoms with E-state index in [9.17, 15) is 52.7 Å². The van der Waals surface area contributed by atoms with Crippen molar-refractivity contribution in [3.05, 3.63) is 58.7 Å². The van der Waals surface area contributed by atoms with Gasteiger partial charge in [0.2, 0.25) is 0 Å². The monoisotopic (exact) mass is 492 g/mol. The molecular weight excluding hydrogens is 486 g/mol. The van der Waals surface area contributed by atoms with Crippen molar-refractivity contribution in [2.24, 2.45) is 0 Å². The average molecular weight is 492 g/mol. The molecule has 0 radical (unpaired) electrons. The molecule has 0 aromatic heterocycles. The van der Waals surface area contributed by atoms with Gasteiger partial charge in [-0.1, -0.05) is 12.1 Å². The Kier molecular flexibility index (Phi) is 5.93. The van der Waals surface area contributed by atoms with Crippen LogP contribution in [-0.4, -0.2) is 8.74 Å². The number of alkyl halides is 12. The van der Waals surface area contributed by atoms with Crippen LogP contribution in [0.5, 0.6) is 0 Å². The molecule has 0 saturated carbocycles. The Bertz CT molecular complexity index is 820. The van der Waals surface area contributed by atoms with Crippen LogP contribution >= 0.6 is 0 Å². The van der Waals surface area contributed by atoms with Crippen molar-refractivity contribution < 1.29 is 60.9 Å². The van der Waals surface area contributed by atoms with Gasteiger partial charge < -0.3 is 0 Å². The molecule has 0 saturated heterocycles. The highest BCUT2D eigenvalue weighted by Gasteiger charge is 2.58. The number of hydrogen-bond acceptors (Lipinski definition) is 0. The zero-order chi connectivity index (χ0) is 24.2. The maximum absolute atomic E-state index is 15.2. The van der Waals surface area contributed by atoms with Crippen LogP contribution in [0.15, 0.2) is 36.4 Å². The summed E-state index contributed by atoms with van der Waals surface area (Å²) in [6.07, 6.45) is -23.7. The van der Waals surface area contributed by atoms with Gasteiger partial charge in [0, 0.05) is 10.4 Å². The molecule has 172 valence electrons. The lowest BCUT2D eigenvalue weighted by Crippen LogP contribution is -2.59. The van der Waals surface area contributed by atoms with E-state index in [1.54, 1.807) is 0 Å². The first kappa shape index (κ1) is 24.9. The van der Waals surface area contributed by atoms with Crippen molar-refractivity contribution >= 4 is 19.1 Å². The lowest BCUT2D eigenvalue weighted by atomic mass is 10.1. The number of benzene rings is 2. The Hall–Kier alpha value is -2.32. The Morgan fingerprint density at radius 1 is 0.419 bits per heavy atom. The number of hydrogen-bond donors (Lipinski definition) is 0. The van der Waals surface area contributed by atoms with Crippen molar-refractivity contribution in [1.82, 2.24) is 0 Å². The summed E-state index contributed by atoms with van der Waals surface area (Å²) in [5.41, 5.74) is -10.7. The normalized spacial score (nSPS) is 14.1. The third kappa shape index (κ3) is 4.80. The lowest BCUT2D eigenvalue weighted by Gasteiger charge is -2.27. The summed E-state index contributed by atoms with van der Waals surface area (Å²) in [7, 11) is -7.95. The molecule has 0 N–H and O–H groups in total. The van der Waals surface area contributed by atoms with Crippen LogP contribution in [0, 0.1) is 0 Å².